The van der Waals surface area contributed by atoms with Gasteiger partial charge in [-0.25, -0.2) is 0 Å². The van der Waals surface area contributed by atoms with Crippen LogP contribution in [0, 0.1) is 24.0 Å². The summed E-state index contributed by atoms with van der Waals surface area (Å²) < 4.78 is 0. The molecule has 0 saturated carbocycles. The molecule has 7 nitrogen and oxygen atoms in total. The minimum Gasteiger partial charge on any atom is -0.507 e. The predicted molar refractivity (Wildman–Crippen MR) is 97.6 cm³/mol. The molecule has 0 spiro atoms. The Kier molecular flexibility index (Phi) is 5.43. The SMILES string of the molecule is Cc1cccc(C)c1NC(=S)N/N=C/c1cc([N+](=O)[O-])ccc1O. The Morgan fingerprint density at radius 3 is 2.58 bits per heavy atom. The summed E-state index contributed by atoms with van der Waals surface area (Å²) in [7, 11) is 0. The van der Waals surface area contributed by atoms with E-state index >= 15 is 0 Å². The van der Waals surface area contributed by atoms with Gasteiger partial charge in [0.05, 0.1) is 11.1 Å². The molecule has 0 saturated heterocycles. The van der Waals surface area contributed by atoms with Gasteiger partial charge < -0.3 is 10.4 Å². The molecule has 0 atom stereocenters. The number of para-hydroxylation sites is 1. The first-order valence-electron chi connectivity index (χ1n) is 7.02. The van der Waals surface area contributed by atoms with Crippen molar-refractivity contribution in [1.82, 2.24) is 5.43 Å². The number of hydrogen-bond acceptors (Lipinski definition) is 5. The Labute approximate surface area is 144 Å². The van der Waals surface area contributed by atoms with Gasteiger partial charge in [0.15, 0.2) is 5.11 Å². The van der Waals surface area contributed by atoms with Crippen molar-refractivity contribution in [2.24, 2.45) is 5.10 Å². The third-order valence-corrected chi connectivity index (χ3v) is 3.50. The van der Waals surface area contributed by atoms with Crippen molar-refractivity contribution < 1.29 is 10.0 Å². The number of nitro benzene ring substituents is 1. The molecule has 0 aliphatic carbocycles. The summed E-state index contributed by atoms with van der Waals surface area (Å²) >= 11 is 5.16. The first-order chi connectivity index (χ1) is 11.4. The minimum absolute atomic E-state index is 0.111. The molecule has 0 fully saturated rings. The lowest BCUT2D eigenvalue weighted by Crippen LogP contribution is -2.24. The van der Waals surface area contributed by atoms with Crippen LogP contribution in [-0.4, -0.2) is 21.4 Å². The topological polar surface area (TPSA) is 99.8 Å². The zero-order chi connectivity index (χ0) is 17.7. The number of nitrogens with zero attached hydrogens (tertiary/aromatic N) is 2. The molecule has 8 heteroatoms. The van der Waals surface area contributed by atoms with Gasteiger partial charge in [0, 0.05) is 23.4 Å². The molecule has 0 bridgehead atoms. The van der Waals surface area contributed by atoms with Gasteiger partial charge in [-0.3, -0.25) is 15.5 Å². The zero-order valence-electron chi connectivity index (χ0n) is 13.1. The average molecular weight is 344 g/mol. The number of non-ortho nitro benzene ring substituents is 1. The Balaban J connectivity index is 2.05. The molecule has 3 N–H and O–H groups in total. The van der Waals surface area contributed by atoms with E-state index in [1.165, 1.54) is 24.4 Å². The number of rotatable bonds is 4. The molecule has 0 aliphatic rings. The van der Waals surface area contributed by atoms with Crippen LogP contribution in [0.15, 0.2) is 41.5 Å². The molecular formula is C16H16N4O3S. The van der Waals surface area contributed by atoms with Crippen molar-refractivity contribution in [3.05, 3.63) is 63.2 Å². The smallest absolute Gasteiger partial charge is 0.270 e. The van der Waals surface area contributed by atoms with Crippen LogP contribution < -0.4 is 10.7 Å². The first kappa shape index (κ1) is 17.4. The van der Waals surface area contributed by atoms with Crippen LogP contribution in [0.4, 0.5) is 11.4 Å². The number of hydrogen-bond donors (Lipinski definition) is 3. The molecule has 0 aromatic heterocycles. The van der Waals surface area contributed by atoms with Gasteiger partial charge in [0.25, 0.3) is 5.69 Å². The number of thiocarbonyl (C=S) groups is 1. The second kappa shape index (κ2) is 7.51. The van der Waals surface area contributed by atoms with E-state index in [2.05, 4.69) is 15.8 Å². The largest absolute Gasteiger partial charge is 0.507 e. The van der Waals surface area contributed by atoms with Gasteiger partial charge in [-0.1, -0.05) is 18.2 Å². The monoisotopic (exact) mass is 344 g/mol. The van der Waals surface area contributed by atoms with Crippen molar-refractivity contribution in [2.45, 2.75) is 13.8 Å². The van der Waals surface area contributed by atoms with E-state index in [4.69, 9.17) is 12.2 Å². The fraction of sp³-hybridized carbons (Fsp3) is 0.125. The third-order valence-electron chi connectivity index (χ3n) is 3.31. The van der Waals surface area contributed by atoms with Crippen molar-refractivity contribution in [1.29, 1.82) is 0 Å². The highest BCUT2D eigenvalue weighted by Crippen LogP contribution is 2.21. The second-order valence-corrected chi connectivity index (χ2v) is 5.50. The van der Waals surface area contributed by atoms with Crippen LogP contribution in [0.25, 0.3) is 0 Å². The van der Waals surface area contributed by atoms with E-state index < -0.39 is 4.92 Å². The van der Waals surface area contributed by atoms with Crippen LogP contribution in [0.2, 0.25) is 0 Å². The molecule has 0 aliphatic heterocycles. The first-order valence-corrected chi connectivity index (χ1v) is 7.43. The van der Waals surface area contributed by atoms with Crippen molar-refractivity contribution >= 4 is 34.9 Å². The molecule has 0 amide bonds. The van der Waals surface area contributed by atoms with Crippen molar-refractivity contribution in [2.75, 3.05) is 5.32 Å². The van der Waals surface area contributed by atoms with Gasteiger partial charge in [-0.2, -0.15) is 5.10 Å². The van der Waals surface area contributed by atoms with Gasteiger partial charge >= 0.3 is 0 Å². The number of phenols is 1. The molecule has 0 unspecified atom stereocenters. The molecule has 0 heterocycles. The Bertz CT molecular complexity index is 801. The lowest BCUT2D eigenvalue weighted by atomic mass is 10.1. The minimum atomic E-state index is -0.544. The van der Waals surface area contributed by atoms with E-state index in [9.17, 15) is 15.2 Å². The Morgan fingerprint density at radius 1 is 1.29 bits per heavy atom. The molecule has 2 rings (SSSR count). The quantitative estimate of drug-likeness (QED) is 0.341. The van der Waals surface area contributed by atoms with Gasteiger partial charge in [0.1, 0.15) is 5.75 Å². The summed E-state index contributed by atoms with van der Waals surface area (Å²) in [6, 6.07) is 9.56. The van der Waals surface area contributed by atoms with E-state index in [1.807, 2.05) is 32.0 Å². The molecule has 124 valence electrons. The Morgan fingerprint density at radius 2 is 1.96 bits per heavy atom. The number of aromatic hydroxyl groups is 1. The highest BCUT2D eigenvalue weighted by atomic mass is 32.1. The van der Waals surface area contributed by atoms with Crippen LogP contribution in [0.5, 0.6) is 5.75 Å². The maximum Gasteiger partial charge on any atom is 0.270 e. The summed E-state index contributed by atoms with van der Waals surface area (Å²) in [6.45, 7) is 3.92. The molecule has 0 radical (unpaired) electrons. The standard InChI is InChI=1S/C16H16N4O3S/c1-10-4-3-5-11(2)15(10)18-16(24)19-17-9-12-8-13(20(22)23)6-7-14(12)21/h3-9,21H,1-2H3,(H2,18,19,24)/b17-9+. The van der Waals surface area contributed by atoms with E-state index in [0.717, 1.165) is 16.8 Å². The normalized spacial score (nSPS) is 10.6. The highest BCUT2D eigenvalue weighted by molar-refractivity contribution is 7.80. The van der Waals surface area contributed by atoms with Crippen molar-refractivity contribution in [3.63, 3.8) is 0 Å². The zero-order valence-corrected chi connectivity index (χ0v) is 13.9. The summed E-state index contributed by atoms with van der Waals surface area (Å²) in [4.78, 5) is 10.2. The number of aryl methyl sites for hydroxylation is 2. The molecular weight excluding hydrogens is 328 g/mol. The maximum absolute atomic E-state index is 10.7. The fourth-order valence-corrected chi connectivity index (χ4v) is 2.23. The van der Waals surface area contributed by atoms with E-state index in [0.29, 0.717) is 0 Å². The van der Waals surface area contributed by atoms with Gasteiger partial charge in [-0.05, 0) is 43.3 Å². The lowest BCUT2D eigenvalue weighted by molar-refractivity contribution is -0.384. The fourth-order valence-electron chi connectivity index (χ4n) is 2.07. The van der Waals surface area contributed by atoms with E-state index in [-0.39, 0.29) is 22.1 Å². The maximum atomic E-state index is 10.7. The van der Waals surface area contributed by atoms with Crippen LogP contribution in [0.3, 0.4) is 0 Å². The Hall–Kier alpha value is -3.00. The number of hydrazone groups is 1. The van der Waals surface area contributed by atoms with Gasteiger partial charge in [0.2, 0.25) is 0 Å². The number of anilines is 1. The van der Waals surface area contributed by atoms with Crippen LogP contribution in [-0.2, 0) is 0 Å². The lowest BCUT2D eigenvalue weighted by Gasteiger charge is -2.12. The summed E-state index contributed by atoms with van der Waals surface area (Å²) in [5, 5.41) is 27.7. The molecule has 2 aromatic carbocycles. The number of phenolic OH excluding ortho intramolecular Hbond substituents is 1. The highest BCUT2D eigenvalue weighted by Gasteiger charge is 2.09. The number of benzene rings is 2. The summed E-state index contributed by atoms with van der Waals surface area (Å²) in [5.41, 5.74) is 5.67. The van der Waals surface area contributed by atoms with Gasteiger partial charge in [-0.15, -0.1) is 0 Å². The number of nitrogens with one attached hydrogen (secondary N) is 2. The summed E-state index contributed by atoms with van der Waals surface area (Å²) in [6.07, 6.45) is 1.26. The average Bonchev–Trinajstić information content (AvgIpc) is 2.52. The second-order valence-electron chi connectivity index (χ2n) is 5.09. The molecule has 2 aromatic rings. The van der Waals surface area contributed by atoms with E-state index in [1.54, 1.807) is 0 Å². The van der Waals surface area contributed by atoms with Crippen molar-refractivity contribution in [3.8, 4) is 5.75 Å². The third kappa shape index (κ3) is 4.26. The summed E-state index contributed by atoms with van der Waals surface area (Å²) in [5.74, 6) is -0.111. The van der Waals surface area contributed by atoms with Crippen LogP contribution >= 0.6 is 12.2 Å². The predicted octanol–water partition coefficient (Wildman–Crippen LogP) is 3.24. The van der Waals surface area contributed by atoms with Crippen LogP contribution in [0.1, 0.15) is 16.7 Å². The number of nitro groups is 1. The molecule has 24 heavy (non-hydrogen) atoms.